The van der Waals surface area contributed by atoms with E-state index >= 15 is 0 Å². The highest BCUT2D eigenvalue weighted by Crippen LogP contribution is 2.32. The number of aromatic nitrogens is 4. The van der Waals surface area contributed by atoms with Gasteiger partial charge in [-0.2, -0.15) is 0 Å². The second-order valence-corrected chi connectivity index (χ2v) is 7.37. The summed E-state index contributed by atoms with van der Waals surface area (Å²) in [5.74, 6) is 1.54. The summed E-state index contributed by atoms with van der Waals surface area (Å²) in [4.78, 5) is 16.7. The molecule has 3 aromatic rings. The van der Waals surface area contributed by atoms with Crippen LogP contribution in [0.4, 0.5) is 0 Å². The Kier molecular flexibility index (Phi) is 7.24. The number of nitrogens with zero attached hydrogens (tertiary/aromatic N) is 4. The molecule has 0 saturated carbocycles. The fourth-order valence-corrected chi connectivity index (χ4v) is 3.47. The van der Waals surface area contributed by atoms with Crippen molar-refractivity contribution in [2.45, 2.75) is 38.4 Å². The van der Waals surface area contributed by atoms with Gasteiger partial charge in [-0.25, -0.2) is 0 Å². The molecule has 1 N–H and O–H groups in total. The second-order valence-electron chi connectivity index (χ2n) is 6.42. The van der Waals surface area contributed by atoms with Crippen molar-refractivity contribution in [2.75, 3.05) is 12.4 Å². The number of hydrogen-bond donors (Lipinski definition) is 1. The Hall–Kier alpha value is -2.87. The van der Waals surface area contributed by atoms with Crippen molar-refractivity contribution < 1.29 is 9.53 Å². The monoisotopic (exact) mass is 411 g/mol. The van der Waals surface area contributed by atoms with E-state index in [0.717, 1.165) is 17.9 Å². The summed E-state index contributed by atoms with van der Waals surface area (Å²) in [5, 5.41) is 12.3. The molecule has 0 aliphatic rings. The maximum Gasteiger partial charge on any atom is 0.230 e. The number of pyridine rings is 1. The topological polar surface area (TPSA) is 81.9 Å². The fraction of sp³-hybridized carbons (Fsp3) is 0.333. The van der Waals surface area contributed by atoms with E-state index in [9.17, 15) is 4.79 Å². The number of amides is 1. The van der Waals surface area contributed by atoms with Crippen molar-refractivity contribution >= 4 is 17.7 Å². The molecule has 1 unspecified atom stereocenters. The number of thioether (sulfide) groups is 1. The Labute approximate surface area is 174 Å². The lowest BCUT2D eigenvalue weighted by atomic mass is 10.2. The summed E-state index contributed by atoms with van der Waals surface area (Å²) < 4.78 is 7.71. The minimum atomic E-state index is -0.0311. The largest absolute Gasteiger partial charge is 0.492 e. The molecule has 0 aliphatic carbocycles. The van der Waals surface area contributed by atoms with E-state index in [-0.39, 0.29) is 17.7 Å². The first-order chi connectivity index (χ1) is 14.1. The van der Waals surface area contributed by atoms with E-state index in [0.29, 0.717) is 23.3 Å². The van der Waals surface area contributed by atoms with Gasteiger partial charge in [-0.15, -0.1) is 10.2 Å². The van der Waals surface area contributed by atoms with Crippen molar-refractivity contribution in [3.8, 4) is 23.0 Å². The lowest BCUT2D eigenvalue weighted by Crippen LogP contribution is -2.33. The van der Waals surface area contributed by atoms with E-state index in [1.54, 1.807) is 6.20 Å². The van der Waals surface area contributed by atoms with E-state index in [2.05, 4.69) is 20.5 Å². The Bertz CT molecular complexity index is 945. The van der Waals surface area contributed by atoms with Gasteiger partial charge in [-0.1, -0.05) is 36.9 Å². The number of nitrogens with one attached hydrogen (secondary N) is 1. The number of carbonyl (C=O) groups is 1. The molecular weight excluding hydrogens is 386 g/mol. The third kappa shape index (κ3) is 5.14. The van der Waals surface area contributed by atoms with Gasteiger partial charge in [0, 0.05) is 12.2 Å². The highest BCUT2D eigenvalue weighted by Gasteiger charge is 2.20. The van der Waals surface area contributed by atoms with Crippen molar-refractivity contribution in [1.29, 1.82) is 0 Å². The quantitative estimate of drug-likeness (QED) is 0.540. The van der Waals surface area contributed by atoms with E-state index in [1.807, 2.05) is 67.8 Å². The number of rotatable bonds is 9. The van der Waals surface area contributed by atoms with Gasteiger partial charge < -0.3 is 10.1 Å². The number of benzene rings is 1. The first-order valence-electron chi connectivity index (χ1n) is 9.65. The average Bonchev–Trinajstić information content (AvgIpc) is 3.17. The lowest BCUT2D eigenvalue weighted by molar-refractivity contribution is -0.119. The van der Waals surface area contributed by atoms with Gasteiger partial charge in [0.1, 0.15) is 11.4 Å². The molecule has 1 atom stereocenters. The summed E-state index contributed by atoms with van der Waals surface area (Å²) in [7, 11) is 0. The van der Waals surface area contributed by atoms with Crippen molar-refractivity contribution in [2.24, 2.45) is 0 Å². The molecule has 0 aliphatic heterocycles. The van der Waals surface area contributed by atoms with Gasteiger partial charge >= 0.3 is 0 Å². The van der Waals surface area contributed by atoms with Gasteiger partial charge in [0.2, 0.25) is 5.91 Å². The third-order valence-electron chi connectivity index (χ3n) is 4.29. The summed E-state index contributed by atoms with van der Waals surface area (Å²) in [6, 6.07) is 13.5. The van der Waals surface area contributed by atoms with Gasteiger partial charge in [0.15, 0.2) is 11.0 Å². The zero-order valence-electron chi connectivity index (χ0n) is 16.8. The summed E-state index contributed by atoms with van der Waals surface area (Å²) in [6.07, 6.45) is 2.60. The Morgan fingerprint density at radius 2 is 1.97 bits per heavy atom. The van der Waals surface area contributed by atoms with Crippen molar-refractivity contribution in [1.82, 2.24) is 25.1 Å². The molecule has 7 nitrogen and oxygen atoms in total. The molecule has 0 saturated heterocycles. The molecule has 29 heavy (non-hydrogen) atoms. The Morgan fingerprint density at radius 1 is 1.17 bits per heavy atom. The van der Waals surface area contributed by atoms with Crippen LogP contribution in [0.2, 0.25) is 0 Å². The average molecular weight is 412 g/mol. The van der Waals surface area contributed by atoms with Crippen LogP contribution in [-0.4, -0.2) is 44.1 Å². The van der Waals surface area contributed by atoms with Crippen molar-refractivity contribution in [3.63, 3.8) is 0 Å². The van der Waals surface area contributed by atoms with Crippen molar-refractivity contribution in [3.05, 3.63) is 48.7 Å². The molecule has 2 heterocycles. The van der Waals surface area contributed by atoms with Crippen LogP contribution in [-0.2, 0) is 4.79 Å². The van der Waals surface area contributed by atoms with Gasteiger partial charge in [-0.3, -0.25) is 14.3 Å². The van der Waals surface area contributed by atoms with Crippen LogP contribution in [0, 0.1) is 0 Å². The number of hydrogen-bond acceptors (Lipinski definition) is 6. The van der Waals surface area contributed by atoms with Crippen LogP contribution in [0.5, 0.6) is 5.75 Å². The number of para-hydroxylation sites is 2. The summed E-state index contributed by atoms with van der Waals surface area (Å²) >= 11 is 1.34. The highest BCUT2D eigenvalue weighted by molar-refractivity contribution is 7.99. The fourth-order valence-electron chi connectivity index (χ4n) is 2.71. The predicted molar refractivity (Wildman–Crippen MR) is 114 cm³/mol. The van der Waals surface area contributed by atoms with E-state index in [4.69, 9.17) is 4.74 Å². The molecular formula is C21H25N5O2S. The van der Waals surface area contributed by atoms with Crippen LogP contribution < -0.4 is 10.1 Å². The van der Waals surface area contributed by atoms with Gasteiger partial charge in [0.25, 0.3) is 0 Å². The molecule has 152 valence electrons. The normalized spacial score (nSPS) is 11.8. The molecule has 0 fully saturated rings. The zero-order valence-corrected chi connectivity index (χ0v) is 17.6. The van der Waals surface area contributed by atoms with Crippen LogP contribution >= 0.6 is 11.8 Å². The molecule has 3 rings (SSSR count). The third-order valence-corrected chi connectivity index (χ3v) is 5.21. The first kappa shape index (κ1) is 20.9. The molecule has 1 aromatic carbocycles. The van der Waals surface area contributed by atoms with Gasteiger partial charge in [-0.05, 0) is 44.5 Å². The van der Waals surface area contributed by atoms with E-state index < -0.39 is 0 Å². The Balaban J connectivity index is 1.98. The standard InChI is InChI=1S/C21H25N5O2S/c1-4-15(3)23-19(27)14-29-21-25-24-20(16-10-8-9-13-22-16)26(21)17-11-6-7-12-18(17)28-5-2/h6-13,15H,4-5,14H2,1-3H3,(H,23,27). The smallest absolute Gasteiger partial charge is 0.230 e. The number of carbonyl (C=O) groups excluding carboxylic acids is 1. The van der Waals surface area contributed by atoms with E-state index in [1.165, 1.54) is 11.8 Å². The molecule has 1 amide bonds. The molecule has 2 aromatic heterocycles. The highest BCUT2D eigenvalue weighted by atomic mass is 32.2. The minimum Gasteiger partial charge on any atom is -0.492 e. The summed E-state index contributed by atoms with van der Waals surface area (Å²) in [5.41, 5.74) is 1.51. The molecule has 0 spiro atoms. The second kappa shape index (κ2) is 10.1. The van der Waals surface area contributed by atoms with Crippen LogP contribution in [0.3, 0.4) is 0 Å². The van der Waals surface area contributed by atoms with Gasteiger partial charge in [0.05, 0.1) is 18.0 Å². The zero-order chi connectivity index (χ0) is 20.6. The predicted octanol–water partition coefficient (Wildman–Crippen LogP) is 3.73. The molecule has 0 radical (unpaired) electrons. The van der Waals surface area contributed by atoms with Crippen LogP contribution in [0.1, 0.15) is 27.2 Å². The maximum atomic E-state index is 12.3. The SMILES string of the molecule is CCOc1ccccc1-n1c(SCC(=O)NC(C)CC)nnc1-c1ccccn1. The Morgan fingerprint density at radius 3 is 2.69 bits per heavy atom. The molecule has 8 heteroatoms. The molecule has 0 bridgehead atoms. The minimum absolute atomic E-state index is 0.0311. The lowest BCUT2D eigenvalue weighted by Gasteiger charge is -2.15. The first-order valence-corrected chi connectivity index (χ1v) is 10.6. The maximum absolute atomic E-state index is 12.3. The van der Waals surface area contributed by atoms with Crippen LogP contribution in [0.15, 0.2) is 53.8 Å². The van der Waals surface area contributed by atoms with Crippen LogP contribution in [0.25, 0.3) is 17.2 Å². The summed E-state index contributed by atoms with van der Waals surface area (Å²) in [6.45, 7) is 6.51. The number of ether oxygens (including phenoxy) is 1.